The Morgan fingerprint density at radius 2 is 2.11 bits per heavy atom. The second-order valence-corrected chi connectivity index (χ2v) is 5.25. The first-order valence-corrected chi connectivity index (χ1v) is 6.68. The van der Waals surface area contributed by atoms with Crippen LogP contribution in [0.1, 0.15) is 30.2 Å². The fraction of sp³-hybridized carbons (Fsp3) is 0.333. The van der Waals surface area contributed by atoms with Gasteiger partial charge in [0.2, 0.25) is 0 Å². The summed E-state index contributed by atoms with van der Waals surface area (Å²) in [4.78, 5) is 9.70. The lowest BCUT2D eigenvalue weighted by molar-refractivity contribution is 0.845. The first-order valence-electron chi connectivity index (χ1n) is 5.80. The van der Waals surface area contributed by atoms with E-state index in [9.17, 15) is 0 Å². The molecule has 0 spiro atoms. The zero-order chi connectivity index (χ0) is 13.0. The van der Waals surface area contributed by atoms with Crippen LogP contribution in [-0.2, 0) is 6.54 Å². The van der Waals surface area contributed by atoms with Crippen LogP contribution in [0.15, 0.2) is 23.8 Å². The second kappa shape index (κ2) is 5.79. The SMILES string of the molecule is CC(C)c1c(NN)ncnc1NCc1cccs1. The van der Waals surface area contributed by atoms with E-state index in [4.69, 9.17) is 5.84 Å². The molecule has 18 heavy (non-hydrogen) atoms. The van der Waals surface area contributed by atoms with Crippen molar-refractivity contribution < 1.29 is 0 Å². The molecule has 4 N–H and O–H groups in total. The Bertz CT molecular complexity index is 495. The van der Waals surface area contributed by atoms with Crippen LogP contribution in [0.25, 0.3) is 0 Å². The number of thiophene rings is 1. The Kier molecular flexibility index (Phi) is 4.11. The summed E-state index contributed by atoms with van der Waals surface area (Å²) in [5, 5.41) is 5.40. The molecule has 0 atom stereocenters. The van der Waals surface area contributed by atoms with Crippen molar-refractivity contribution in [3.05, 3.63) is 34.3 Å². The van der Waals surface area contributed by atoms with Crippen LogP contribution in [0.4, 0.5) is 11.6 Å². The van der Waals surface area contributed by atoms with E-state index in [0.29, 0.717) is 11.7 Å². The molecule has 96 valence electrons. The van der Waals surface area contributed by atoms with Crippen molar-refractivity contribution in [2.45, 2.75) is 26.3 Å². The normalized spacial score (nSPS) is 10.7. The molecule has 2 rings (SSSR count). The van der Waals surface area contributed by atoms with Crippen LogP contribution in [0, 0.1) is 0 Å². The summed E-state index contributed by atoms with van der Waals surface area (Å²) in [5.41, 5.74) is 3.63. The molecule has 0 bridgehead atoms. The number of rotatable bonds is 5. The van der Waals surface area contributed by atoms with E-state index in [1.807, 2.05) is 6.07 Å². The topological polar surface area (TPSA) is 75.9 Å². The number of hydrazine groups is 1. The Hall–Kier alpha value is -1.66. The van der Waals surface area contributed by atoms with Gasteiger partial charge in [-0.05, 0) is 17.4 Å². The van der Waals surface area contributed by atoms with E-state index >= 15 is 0 Å². The standard InChI is InChI=1S/C12H17N5S/c1-8(2)10-11(15-7-16-12(10)17-13)14-6-9-4-3-5-18-9/h3-5,7-8H,6,13H2,1-2H3,(H2,14,15,16,17). The van der Waals surface area contributed by atoms with Gasteiger partial charge in [-0.1, -0.05) is 19.9 Å². The quantitative estimate of drug-likeness (QED) is 0.571. The third kappa shape index (κ3) is 2.77. The molecule has 0 unspecified atom stereocenters. The largest absolute Gasteiger partial charge is 0.365 e. The summed E-state index contributed by atoms with van der Waals surface area (Å²) in [6.07, 6.45) is 1.51. The number of nitrogen functional groups attached to an aromatic ring is 1. The highest BCUT2D eigenvalue weighted by Gasteiger charge is 2.14. The molecule has 0 saturated heterocycles. The lowest BCUT2D eigenvalue weighted by atomic mass is 10.0. The van der Waals surface area contributed by atoms with E-state index in [1.54, 1.807) is 11.3 Å². The van der Waals surface area contributed by atoms with Crippen molar-refractivity contribution in [3.8, 4) is 0 Å². The second-order valence-electron chi connectivity index (χ2n) is 4.22. The van der Waals surface area contributed by atoms with Gasteiger partial charge in [-0.2, -0.15) is 0 Å². The summed E-state index contributed by atoms with van der Waals surface area (Å²) in [6.45, 7) is 4.95. The number of nitrogens with two attached hydrogens (primary N) is 1. The summed E-state index contributed by atoms with van der Waals surface area (Å²) < 4.78 is 0. The molecule has 0 aliphatic rings. The van der Waals surface area contributed by atoms with Gasteiger partial charge in [-0.15, -0.1) is 11.3 Å². The van der Waals surface area contributed by atoms with Gasteiger partial charge in [-0.25, -0.2) is 15.8 Å². The van der Waals surface area contributed by atoms with E-state index in [0.717, 1.165) is 17.9 Å². The number of hydrogen-bond donors (Lipinski definition) is 3. The van der Waals surface area contributed by atoms with Crippen LogP contribution in [0.2, 0.25) is 0 Å². The van der Waals surface area contributed by atoms with E-state index in [2.05, 4.69) is 46.0 Å². The van der Waals surface area contributed by atoms with Gasteiger partial charge in [0.25, 0.3) is 0 Å². The van der Waals surface area contributed by atoms with Crippen LogP contribution in [0.5, 0.6) is 0 Å². The fourth-order valence-electron chi connectivity index (χ4n) is 1.78. The maximum absolute atomic E-state index is 5.48. The Labute approximate surface area is 110 Å². The van der Waals surface area contributed by atoms with E-state index in [-0.39, 0.29) is 0 Å². The minimum Gasteiger partial charge on any atom is -0.365 e. The highest BCUT2D eigenvalue weighted by molar-refractivity contribution is 7.09. The molecule has 0 saturated carbocycles. The van der Waals surface area contributed by atoms with Crippen LogP contribution in [-0.4, -0.2) is 9.97 Å². The predicted molar refractivity (Wildman–Crippen MR) is 75.6 cm³/mol. The minimum absolute atomic E-state index is 0.295. The van der Waals surface area contributed by atoms with Gasteiger partial charge < -0.3 is 10.7 Å². The molecule has 0 aliphatic carbocycles. The zero-order valence-electron chi connectivity index (χ0n) is 10.5. The van der Waals surface area contributed by atoms with Gasteiger partial charge in [0.15, 0.2) is 0 Å². The van der Waals surface area contributed by atoms with Crippen molar-refractivity contribution in [3.63, 3.8) is 0 Å². The third-order valence-corrected chi connectivity index (χ3v) is 3.48. The van der Waals surface area contributed by atoms with Crippen LogP contribution < -0.4 is 16.6 Å². The number of nitrogens with one attached hydrogen (secondary N) is 2. The fourth-order valence-corrected chi connectivity index (χ4v) is 2.43. The molecule has 5 nitrogen and oxygen atoms in total. The summed E-state index contributed by atoms with van der Waals surface area (Å²) in [7, 11) is 0. The molecule has 6 heteroatoms. The average molecular weight is 263 g/mol. The highest BCUT2D eigenvalue weighted by atomic mass is 32.1. The molecule has 2 aromatic rings. The molecule has 0 amide bonds. The Morgan fingerprint density at radius 3 is 2.72 bits per heavy atom. The molecule has 2 heterocycles. The molecule has 2 aromatic heterocycles. The number of aromatic nitrogens is 2. The van der Waals surface area contributed by atoms with Crippen molar-refractivity contribution in [1.29, 1.82) is 0 Å². The number of nitrogens with zero attached hydrogens (tertiary/aromatic N) is 2. The molecular formula is C12H17N5S. The Balaban J connectivity index is 2.21. The lowest BCUT2D eigenvalue weighted by Crippen LogP contribution is -2.14. The van der Waals surface area contributed by atoms with Gasteiger partial charge >= 0.3 is 0 Å². The first-order chi connectivity index (χ1) is 8.72. The van der Waals surface area contributed by atoms with Gasteiger partial charge in [0.05, 0.1) is 6.54 Å². The summed E-state index contributed by atoms with van der Waals surface area (Å²) in [6, 6.07) is 4.13. The maximum Gasteiger partial charge on any atom is 0.148 e. The smallest absolute Gasteiger partial charge is 0.148 e. The molecule has 0 aromatic carbocycles. The zero-order valence-corrected chi connectivity index (χ0v) is 11.3. The van der Waals surface area contributed by atoms with Crippen LogP contribution in [0.3, 0.4) is 0 Å². The highest BCUT2D eigenvalue weighted by Crippen LogP contribution is 2.28. The maximum atomic E-state index is 5.48. The van der Waals surface area contributed by atoms with Gasteiger partial charge in [0.1, 0.15) is 18.0 Å². The van der Waals surface area contributed by atoms with E-state index in [1.165, 1.54) is 11.2 Å². The van der Waals surface area contributed by atoms with Crippen molar-refractivity contribution in [1.82, 2.24) is 9.97 Å². The van der Waals surface area contributed by atoms with Crippen molar-refractivity contribution in [2.75, 3.05) is 10.7 Å². The number of anilines is 2. The Morgan fingerprint density at radius 1 is 1.33 bits per heavy atom. The van der Waals surface area contributed by atoms with Crippen LogP contribution >= 0.6 is 11.3 Å². The molecule has 0 aliphatic heterocycles. The number of hydrogen-bond acceptors (Lipinski definition) is 6. The predicted octanol–water partition coefficient (Wildman–Crippen LogP) is 2.56. The molecule has 0 radical (unpaired) electrons. The summed E-state index contributed by atoms with van der Waals surface area (Å²) in [5.74, 6) is 7.29. The molecular weight excluding hydrogens is 246 g/mol. The molecule has 0 fully saturated rings. The van der Waals surface area contributed by atoms with Crippen molar-refractivity contribution >= 4 is 23.0 Å². The average Bonchev–Trinajstić information content (AvgIpc) is 2.88. The third-order valence-electron chi connectivity index (χ3n) is 2.61. The van der Waals surface area contributed by atoms with Gasteiger partial charge in [0, 0.05) is 10.4 Å². The first kappa shape index (κ1) is 12.8. The minimum atomic E-state index is 0.295. The lowest BCUT2D eigenvalue weighted by Gasteiger charge is -2.16. The monoisotopic (exact) mass is 263 g/mol. The summed E-state index contributed by atoms with van der Waals surface area (Å²) >= 11 is 1.72. The van der Waals surface area contributed by atoms with Crippen molar-refractivity contribution in [2.24, 2.45) is 5.84 Å². The van der Waals surface area contributed by atoms with E-state index < -0.39 is 0 Å². The van der Waals surface area contributed by atoms with Gasteiger partial charge in [-0.3, -0.25) is 0 Å².